The van der Waals surface area contributed by atoms with Crippen molar-refractivity contribution in [1.82, 2.24) is 10.2 Å². The number of nitrogens with zero attached hydrogens (tertiary/aromatic N) is 1. The van der Waals surface area contributed by atoms with Gasteiger partial charge in [-0.3, -0.25) is 9.59 Å². The molecule has 2 aromatic rings. The first-order valence-electron chi connectivity index (χ1n) is 6.59. The molecule has 8 heteroatoms. The van der Waals surface area contributed by atoms with Gasteiger partial charge >= 0.3 is 0 Å². The zero-order valence-corrected chi connectivity index (χ0v) is 14.4. The molecule has 5 nitrogen and oxygen atoms in total. The fourth-order valence-electron chi connectivity index (χ4n) is 1.82. The molecule has 0 aliphatic carbocycles. The standard InChI is InChI=1S/C15H13BrClFN2O3/c1-20(8-9-10(17)3-2-4-11(9)18)14(21)7-19-15(22)12-5-6-13(16)23-12/h2-6H,7-8H2,1H3,(H,19,22). The van der Waals surface area contributed by atoms with Crippen LogP contribution in [0.3, 0.4) is 0 Å². The number of halogens is 3. The summed E-state index contributed by atoms with van der Waals surface area (Å²) >= 11 is 9.01. The minimum absolute atomic E-state index is 0.00646. The molecule has 0 unspecified atom stereocenters. The van der Waals surface area contributed by atoms with Gasteiger partial charge in [0, 0.05) is 24.2 Å². The van der Waals surface area contributed by atoms with Crippen molar-refractivity contribution in [3.8, 4) is 0 Å². The molecule has 23 heavy (non-hydrogen) atoms. The van der Waals surface area contributed by atoms with Gasteiger partial charge in [-0.1, -0.05) is 17.7 Å². The lowest BCUT2D eigenvalue weighted by atomic mass is 10.2. The third kappa shape index (κ3) is 4.56. The van der Waals surface area contributed by atoms with Crippen LogP contribution in [0.15, 0.2) is 39.4 Å². The van der Waals surface area contributed by atoms with Crippen LogP contribution in [0.4, 0.5) is 4.39 Å². The lowest BCUT2D eigenvalue weighted by Crippen LogP contribution is -2.37. The molecule has 1 aromatic heterocycles. The molecule has 0 spiro atoms. The molecule has 2 rings (SSSR count). The van der Waals surface area contributed by atoms with Crippen molar-refractivity contribution in [2.45, 2.75) is 6.54 Å². The highest BCUT2D eigenvalue weighted by molar-refractivity contribution is 9.10. The van der Waals surface area contributed by atoms with Gasteiger partial charge in [-0.05, 0) is 40.2 Å². The van der Waals surface area contributed by atoms with Crippen molar-refractivity contribution in [2.24, 2.45) is 0 Å². The number of hydrogen-bond acceptors (Lipinski definition) is 3. The molecular formula is C15H13BrClFN2O3. The van der Waals surface area contributed by atoms with E-state index >= 15 is 0 Å². The predicted octanol–water partition coefficient (Wildman–Crippen LogP) is 3.22. The summed E-state index contributed by atoms with van der Waals surface area (Å²) in [5.41, 5.74) is 0.228. The minimum atomic E-state index is -0.513. The molecule has 0 bridgehead atoms. The van der Waals surface area contributed by atoms with Gasteiger partial charge in [0.1, 0.15) is 5.82 Å². The normalized spacial score (nSPS) is 10.4. The number of hydrogen-bond donors (Lipinski definition) is 1. The molecule has 0 aliphatic rings. The first-order valence-corrected chi connectivity index (χ1v) is 7.76. The smallest absolute Gasteiger partial charge is 0.287 e. The number of carbonyl (C=O) groups is 2. The minimum Gasteiger partial charge on any atom is -0.444 e. The van der Waals surface area contributed by atoms with Crippen LogP contribution in [0.5, 0.6) is 0 Å². The van der Waals surface area contributed by atoms with E-state index in [1.807, 2.05) is 0 Å². The molecule has 1 heterocycles. The first kappa shape index (κ1) is 17.5. The summed E-state index contributed by atoms with van der Waals surface area (Å²) < 4.78 is 19.2. The number of likely N-dealkylation sites (N-methyl/N-ethyl adjacent to an activating group) is 1. The van der Waals surface area contributed by atoms with Gasteiger partial charge < -0.3 is 14.6 Å². The fourth-order valence-corrected chi connectivity index (χ4v) is 2.35. The van der Waals surface area contributed by atoms with E-state index in [1.165, 1.54) is 30.1 Å². The second kappa shape index (κ2) is 7.61. The zero-order chi connectivity index (χ0) is 17.0. The first-order chi connectivity index (χ1) is 10.9. The van der Waals surface area contributed by atoms with E-state index in [2.05, 4.69) is 21.2 Å². The van der Waals surface area contributed by atoms with Crippen LogP contribution in [0.1, 0.15) is 16.1 Å². The summed E-state index contributed by atoms with van der Waals surface area (Å²) in [4.78, 5) is 25.1. The van der Waals surface area contributed by atoms with Crippen LogP contribution in [0.25, 0.3) is 0 Å². The Morgan fingerprint density at radius 1 is 1.35 bits per heavy atom. The van der Waals surface area contributed by atoms with Gasteiger partial charge in [-0.15, -0.1) is 0 Å². The van der Waals surface area contributed by atoms with E-state index in [-0.39, 0.29) is 35.3 Å². The number of nitrogens with one attached hydrogen (secondary N) is 1. The quantitative estimate of drug-likeness (QED) is 0.834. The summed E-state index contributed by atoms with van der Waals surface area (Å²) in [5, 5.41) is 2.68. The van der Waals surface area contributed by atoms with Crippen molar-refractivity contribution >= 4 is 39.3 Å². The number of amides is 2. The highest BCUT2D eigenvalue weighted by atomic mass is 79.9. The Kier molecular flexibility index (Phi) is 5.79. The largest absolute Gasteiger partial charge is 0.444 e. The highest BCUT2D eigenvalue weighted by Gasteiger charge is 2.16. The van der Waals surface area contributed by atoms with E-state index in [1.54, 1.807) is 12.1 Å². The predicted molar refractivity (Wildman–Crippen MR) is 86.6 cm³/mol. The van der Waals surface area contributed by atoms with Crippen LogP contribution in [0.2, 0.25) is 5.02 Å². The summed E-state index contributed by atoms with van der Waals surface area (Å²) in [6, 6.07) is 7.37. The Hall–Kier alpha value is -1.86. The van der Waals surface area contributed by atoms with Crippen molar-refractivity contribution in [3.05, 3.63) is 57.2 Å². The molecule has 1 N–H and O–H groups in total. The lowest BCUT2D eigenvalue weighted by Gasteiger charge is -2.18. The number of furan rings is 1. The number of carbonyl (C=O) groups excluding carboxylic acids is 2. The summed E-state index contributed by atoms with van der Waals surface area (Å²) in [7, 11) is 1.50. The molecule has 122 valence electrons. The Balaban J connectivity index is 1.91. The Morgan fingerprint density at radius 2 is 2.09 bits per heavy atom. The van der Waals surface area contributed by atoms with Crippen LogP contribution in [0, 0.1) is 5.82 Å². The summed E-state index contributed by atoms with van der Waals surface area (Å²) in [6.07, 6.45) is 0. The average Bonchev–Trinajstić information content (AvgIpc) is 2.94. The molecule has 2 amide bonds. The Labute approximate surface area is 145 Å². The van der Waals surface area contributed by atoms with E-state index in [0.29, 0.717) is 4.67 Å². The van der Waals surface area contributed by atoms with Gasteiger partial charge in [0.05, 0.1) is 6.54 Å². The second-order valence-corrected chi connectivity index (χ2v) is 5.93. The maximum atomic E-state index is 13.7. The Morgan fingerprint density at radius 3 is 2.70 bits per heavy atom. The molecule has 0 aliphatic heterocycles. The summed E-state index contributed by atoms with van der Waals surface area (Å²) in [6.45, 7) is -0.230. The monoisotopic (exact) mass is 402 g/mol. The molecule has 1 aromatic carbocycles. The van der Waals surface area contributed by atoms with Crippen molar-refractivity contribution in [1.29, 1.82) is 0 Å². The average molecular weight is 404 g/mol. The number of benzene rings is 1. The fraction of sp³-hybridized carbons (Fsp3) is 0.200. The highest BCUT2D eigenvalue weighted by Crippen LogP contribution is 2.20. The van der Waals surface area contributed by atoms with E-state index in [0.717, 1.165) is 0 Å². The molecule has 0 radical (unpaired) electrons. The van der Waals surface area contributed by atoms with E-state index < -0.39 is 11.7 Å². The molecule has 0 fully saturated rings. The maximum Gasteiger partial charge on any atom is 0.287 e. The van der Waals surface area contributed by atoms with Crippen molar-refractivity contribution in [2.75, 3.05) is 13.6 Å². The van der Waals surface area contributed by atoms with Gasteiger partial charge in [-0.25, -0.2) is 4.39 Å². The SMILES string of the molecule is CN(Cc1c(F)cccc1Cl)C(=O)CNC(=O)c1ccc(Br)o1. The van der Waals surface area contributed by atoms with Crippen LogP contribution >= 0.6 is 27.5 Å². The van der Waals surface area contributed by atoms with E-state index in [9.17, 15) is 14.0 Å². The molecule has 0 saturated heterocycles. The Bertz CT molecular complexity index is 715. The molecule has 0 saturated carbocycles. The second-order valence-electron chi connectivity index (χ2n) is 4.74. The molecular weight excluding hydrogens is 391 g/mol. The third-order valence-corrected chi connectivity index (χ3v) is 3.86. The molecule has 0 atom stereocenters. The van der Waals surface area contributed by atoms with E-state index in [4.69, 9.17) is 16.0 Å². The third-order valence-electron chi connectivity index (χ3n) is 3.08. The van der Waals surface area contributed by atoms with Gasteiger partial charge in [-0.2, -0.15) is 0 Å². The van der Waals surface area contributed by atoms with Gasteiger partial charge in [0.25, 0.3) is 5.91 Å². The maximum absolute atomic E-state index is 13.7. The van der Waals surface area contributed by atoms with Crippen molar-refractivity contribution in [3.63, 3.8) is 0 Å². The van der Waals surface area contributed by atoms with Crippen LogP contribution < -0.4 is 5.32 Å². The van der Waals surface area contributed by atoms with Crippen LogP contribution in [-0.4, -0.2) is 30.3 Å². The van der Waals surface area contributed by atoms with Gasteiger partial charge in [0.2, 0.25) is 5.91 Å². The lowest BCUT2D eigenvalue weighted by molar-refractivity contribution is -0.129. The topological polar surface area (TPSA) is 62.6 Å². The van der Waals surface area contributed by atoms with Gasteiger partial charge in [0.15, 0.2) is 10.4 Å². The van der Waals surface area contributed by atoms with Crippen LogP contribution in [-0.2, 0) is 11.3 Å². The summed E-state index contributed by atoms with van der Waals surface area (Å²) in [5.74, 6) is -1.30. The zero-order valence-electron chi connectivity index (χ0n) is 12.1. The number of rotatable bonds is 5. The van der Waals surface area contributed by atoms with Crippen molar-refractivity contribution < 1.29 is 18.4 Å².